The Bertz CT molecular complexity index is 126. The summed E-state index contributed by atoms with van der Waals surface area (Å²) < 4.78 is 4.86. The molecule has 0 amide bonds. The van der Waals surface area contributed by atoms with Gasteiger partial charge in [-0.1, -0.05) is 38.8 Å². The lowest BCUT2D eigenvalue weighted by Crippen LogP contribution is -2.09. The van der Waals surface area contributed by atoms with E-state index < -0.39 is 5.30 Å². The van der Waals surface area contributed by atoms with Crippen LogP contribution in [0.3, 0.4) is 0 Å². The number of unbranched alkanes of at least 4 members (excludes halogenated alkanes) is 3. The lowest BCUT2D eigenvalue weighted by molar-refractivity contribution is 0.126. The maximum Gasteiger partial charge on any atom is 0.364 e. The quantitative estimate of drug-likeness (QED) is 0.394. The number of hydrogen-bond acceptors (Lipinski definition) is 2. The molecule has 0 saturated carbocycles. The summed E-state index contributed by atoms with van der Waals surface area (Å²) in [5.41, 5.74) is 0. The molecule has 0 aliphatic rings. The molecule has 0 aromatic heterocycles. The highest BCUT2D eigenvalue weighted by atomic mass is 32.1. The Kier molecular flexibility index (Phi) is 7.36. The van der Waals surface area contributed by atoms with Crippen LogP contribution in [0.1, 0.15) is 46.0 Å². The van der Waals surface area contributed by atoms with Gasteiger partial charge in [0.1, 0.15) is 0 Å². The van der Waals surface area contributed by atoms with Gasteiger partial charge in [0.05, 0.1) is 6.10 Å². The van der Waals surface area contributed by atoms with E-state index in [-0.39, 0.29) is 6.10 Å². The first kappa shape index (κ1) is 11.8. The monoisotopic (exact) mass is 190 g/mol. The maximum atomic E-state index is 10.4. The summed E-state index contributed by atoms with van der Waals surface area (Å²) >= 11 is 3.54. The van der Waals surface area contributed by atoms with Gasteiger partial charge in [0.2, 0.25) is 0 Å². The lowest BCUT2D eigenvalue weighted by atomic mass is 10.1. The number of ether oxygens (including phenoxy) is 1. The molecule has 3 heteroatoms. The number of thiol groups is 1. The molecule has 0 radical (unpaired) electrons. The highest BCUT2D eigenvalue weighted by Crippen LogP contribution is 2.08. The number of carbonyl (C=O) groups is 1. The summed E-state index contributed by atoms with van der Waals surface area (Å²) in [5, 5.41) is -0.474. The van der Waals surface area contributed by atoms with Gasteiger partial charge in [-0.3, -0.25) is 0 Å². The Morgan fingerprint density at radius 3 is 2.58 bits per heavy atom. The molecule has 0 fully saturated rings. The molecule has 0 saturated heterocycles. The third kappa shape index (κ3) is 7.92. The first-order valence-electron chi connectivity index (χ1n) is 4.56. The van der Waals surface area contributed by atoms with Crippen molar-refractivity contribution >= 4 is 17.9 Å². The fourth-order valence-corrected chi connectivity index (χ4v) is 1.27. The Labute approximate surface area is 80.1 Å². The van der Waals surface area contributed by atoms with E-state index >= 15 is 0 Å². The molecule has 0 spiro atoms. The zero-order valence-corrected chi connectivity index (χ0v) is 8.77. The van der Waals surface area contributed by atoms with Crippen molar-refractivity contribution in [3.63, 3.8) is 0 Å². The van der Waals surface area contributed by atoms with E-state index in [0.717, 1.165) is 12.8 Å². The fourth-order valence-electron chi connectivity index (χ4n) is 1.09. The molecular formula is C9H18O2S. The number of rotatable bonds is 6. The van der Waals surface area contributed by atoms with Gasteiger partial charge < -0.3 is 4.74 Å². The number of hydrogen-bond donors (Lipinski definition) is 1. The molecule has 0 aromatic rings. The van der Waals surface area contributed by atoms with Crippen molar-refractivity contribution in [2.45, 2.75) is 52.1 Å². The smallest absolute Gasteiger partial charge is 0.364 e. The van der Waals surface area contributed by atoms with E-state index in [4.69, 9.17) is 4.74 Å². The second-order valence-electron chi connectivity index (χ2n) is 3.04. The van der Waals surface area contributed by atoms with E-state index in [1.54, 1.807) is 0 Å². The molecule has 0 heterocycles. The van der Waals surface area contributed by atoms with Gasteiger partial charge in [-0.05, 0) is 19.8 Å². The van der Waals surface area contributed by atoms with Crippen molar-refractivity contribution in [2.75, 3.05) is 0 Å². The van der Waals surface area contributed by atoms with Crippen LogP contribution in [-0.4, -0.2) is 11.4 Å². The third-order valence-corrected chi connectivity index (χ3v) is 1.87. The lowest BCUT2D eigenvalue weighted by Gasteiger charge is -2.10. The number of carbonyl (C=O) groups excluding carboxylic acids is 1. The van der Waals surface area contributed by atoms with Crippen molar-refractivity contribution in [1.82, 2.24) is 0 Å². The summed E-state index contributed by atoms with van der Waals surface area (Å²) in [5.74, 6) is 0. The van der Waals surface area contributed by atoms with Crippen LogP contribution < -0.4 is 0 Å². The van der Waals surface area contributed by atoms with Crippen molar-refractivity contribution in [3.8, 4) is 0 Å². The Hall–Kier alpha value is -0.180. The van der Waals surface area contributed by atoms with Gasteiger partial charge in [-0.25, -0.2) is 4.79 Å². The van der Waals surface area contributed by atoms with Crippen LogP contribution in [0.2, 0.25) is 0 Å². The molecule has 0 N–H and O–H groups in total. The second kappa shape index (κ2) is 7.47. The van der Waals surface area contributed by atoms with Crippen molar-refractivity contribution in [1.29, 1.82) is 0 Å². The zero-order chi connectivity index (χ0) is 9.40. The van der Waals surface area contributed by atoms with Crippen molar-refractivity contribution in [3.05, 3.63) is 0 Å². The average Bonchev–Trinajstić information content (AvgIpc) is 1.97. The van der Waals surface area contributed by atoms with Crippen molar-refractivity contribution in [2.24, 2.45) is 0 Å². The van der Waals surface area contributed by atoms with Gasteiger partial charge in [-0.15, -0.1) is 0 Å². The first-order valence-corrected chi connectivity index (χ1v) is 5.01. The summed E-state index contributed by atoms with van der Waals surface area (Å²) in [6.07, 6.45) is 5.84. The second-order valence-corrected chi connectivity index (χ2v) is 3.41. The van der Waals surface area contributed by atoms with Crippen LogP contribution in [0.25, 0.3) is 0 Å². The Morgan fingerprint density at radius 1 is 1.42 bits per heavy atom. The van der Waals surface area contributed by atoms with Crippen LogP contribution in [0, 0.1) is 0 Å². The van der Waals surface area contributed by atoms with E-state index in [2.05, 4.69) is 19.6 Å². The summed E-state index contributed by atoms with van der Waals surface area (Å²) in [4.78, 5) is 10.4. The Morgan fingerprint density at radius 2 is 2.08 bits per heavy atom. The Balaban J connectivity index is 3.19. The molecule has 1 unspecified atom stereocenters. The van der Waals surface area contributed by atoms with E-state index in [1.807, 2.05) is 6.92 Å². The van der Waals surface area contributed by atoms with Crippen LogP contribution >= 0.6 is 12.6 Å². The molecular weight excluding hydrogens is 172 g/mol. The minimum Gasteiger partial charge on any atom is -0.455 e. The molecule has 0 bridgehead atoms. The van der Waals surface area contributed by atoms with E-state index in [1.165, 1.54) is 19.3 Å². The molecule has 72 valence electrons. The molecule has 2 nitrogen and oxygen atoms in total. The minimum atomic E-state index is -0.474. The van der Waals surface area contributed by atoms with Gasteiger partial charge in [-0.2, -0.15) is 0 Å². The van der Waals surface area contributed by atoms with Crippen LogP contribution in [0.15, 0.2) is 0 Å². The molecule has 12 heavy (non-hydrogen) atoms. The highest BCUT2D eigenvalue weighted by molar-refractivity contribution is 7.96. The van der Waals surface area contributed by atoms with Gasteiger partial charge in [0.15, 0.2) is 0 Å². The summed E-state index contributed by atoms with van der Waals surface area (Å²) in [6, 6.07) is 0. The van der Waals surface area contributed by atoms with Gasteiger partial charge in [0, 0.05) is 0 Å². The average molecular weight is 190 g/mol. The largest absolute Gasteiger partial charge is 0.455 e. The fraction of sp³-hybridized carbons (Fsp3) is 0.889. The summed E-state index contributed by atoms with van der Waals surface area (Å²) in [7, 11) is 0. The molecule has 0 aliphatic carbocycles. The highest BCUT2D eigenvalue weighted by Gasteiger charge is 2.04. The van der Waals surface area contributed by atoms with E-state index in [0.29, 0.717) is 0 Å². The maximum absolute atomic E-state index is 10.4. The van der Waals surface area contributed by atoms with Crippen molar-refractivity contribution < 1.29 is 9.53 Å². The minimum absolute atomic E-state index is 0.0202. The normalized spacial score (nSPS) is 12.6. The van der Waals surface area contributed by atoms with Crippen LogP contribution in [0.5, 0.6) is 0 Å². The molecule has 1 atom stereocenters. The van der Waals surface area contributed by atoms with Crippen LogP contribution in [-0.2, 0) is 4.74 Å². The predicted octanol–water partition coefficient (Wildman–Crippen LogP) is 3.41. The van der Waals surface area contributed by atoms with Gasteiger partial charge >= 0.3 is 5.30 Å². The SMILES string of the molecule is CCCCCCC(C)OC(=O)S. The first-order chi connectivity index (χ1) is 5.66. The topological polar surface area (TPSA) is 26.3 Å². The molecule has 0 rings (SSSR count). The summed E-state index contributed by atoms with van der Waals surface area (Å²) in [6.45, 7) is 4.08. The third-order valence-electron chi connectivity index (χ3n) is 1.77. The van der Waals surface area contributed by atoms with E-state index in [9.17, 15) is 4.79 Å². The molecule has 0 aliphatic heterocycles. The molecule has 0 aromatic carbocycles. The van der Waals surface area contributed by atoms with Gasteiger partial charge in [0.25, 0.3) is 0 Å². The van der Waals surface area contributed by atoms with Crippen LogP contribution in [0.4, 0.5) is 4.79 Å². The standard InChI is InChI=1S/C9H18O2S/c1-3-4-5-6-7-8(2)11-9(10)12/h8H,3-7H2,1-2H3,(H,10,12). The zero-order valence-electron chi connectivity index (χ0n) is 7.88. The predicted molar refractivity (Wildman–Crippen MR) is 53.7 cm³/mol.